The molecule has 0 aliphatic rings. The molecule has 0 radical (unpaired) electrons. The molecule has 7 nitrogen and oxygen atoms in total. The predicted octanol–water partition coefficient (Wildman–Crippen LogP) is -0.492. The minimum atomic E-state index is -1.02. The Hall–Kier alpha value is -0.480. The molecule has 21 heavy (non-hydrogen) atoms. The van der Waals surface area contributed by atoms with E-state index in [1.54, 1.807) is 0 Å². The Morgan fingerprint density at radius 3 is 2.19 bits per heavy atom. The van der Waals surface area contributed by atoms with Gasteiger partial charge in [-0.2, -0.15) is 23.5 Å². The Morgan fingerprint density at radius 2 is 1.62 bits per heavy atom. The summed E-state index contributed by atoms with van der Waals surface area (Å²) in [5.74, 6) is 0.801. The first kappa shape index (κ1) is 20.5. The minimum Gasteiger partial charge on any atom is -0.480 e. The van der Waals surface area contributed by atoms with Gasteiger partial charge in [-0.25, -0.2) is 0 Å². The van der Waals surface area contributed by atoms with E-state index in [1.165, 1.54) is 23.5 Å². The van der Waals surface area contributed by atoms with Gasteiger partial charge in [-0.1, -0.05) is 0 Å². The lowest BCUT2D eigenvalue weighted by Crippen LogP contribution is -2.35. The van der Waals surface area contributed by atoms with Crippen LogP contribution in [0.5, 0.6) is 0 Å². The van der Waals surface area contributed by atoms with Crippen LogP contribution in [0.15, 0.2) is 0 Å². The summed E-state index contributed by atoms with van der Waals surface area (Å²) in [7, 11) is 0. The summed E-state index contributed by atoms with van der Waals surface area (Å²) < 4.78 is 5.03. The number of esters is 1. The number of ether oxygens (including phenoxy) is 1. The predicted molar refractivity (Wildman–Crippen MR) is 85.5 cm³/mol. The van der Waals surface area contributed by atoms with E-state index in [0.717, 1.165) is 5.75 Å². The number of aliphatic hydroxyl groups is 1. The molecule has 0 rings (SSSR count). The maximum atomic E-state index is 11.5. The molecule has 0 fully saturated rings. The van der Waals surface area contributed by atoms with E-state index in [9.17, 15) is 9.59 Å². The monoisotopic (exact) mass is 340 g/mol. The third kappa shape index (κ3) is 11.8. The minimum absolute atomic E-state index is 0.135. The third-order valence-electron chi connectivity index (χ3n) is 2.34. The van der Waals surface area contributed by atoms with Crippen LogP contribution in [-0.4, -0.2) is 70.5 Å². The van der Waals surface area contributed by atoms with Crippen molar-refractivity contribution in [3.05, 3.63) is 0 Å². The molecule has 0 unspecified atom stereocenters. The van der Waals surface area contributed by atoms with Crippen molar-refractivity contribution in [1.82, 2.24) is 0 Å². The van der Waals surface area contributed by atoms with Gasteiger partial charge in [0.05, 0.1) is 6.61 Å². The molecule has 2 atom stereocenters. The number of carboxylic acids is 1. The van der Waals surface area contributed by atoms with E-state index in [1.807, 2.05) is 0 Å². The van der Waals surface area contributed by atoms with Gasteiger partial charge in [-0.3, -0.25) is 9.59 Å². The largest absolute Gasteiger partial charge is 0.480 e. The zero-order valence-electron chi connectivity index (χ0n) is 11.9. The maximum Gasteiger partial charge on any atom is 0.323 e. The summed E-state index contributed by atoms with van der Waals surface area (Å²) in [5, 5.41) is 17.2. The first-order valence-electron chi connectivity index (χ1n) is 6.66. The number of hydrogen-bond donors (Lipinski definition) is 4. The van der Waals surface area contributed by atoms with Crippen LogP contribution in [0.2, 0.25) is 0 Å². The zero-order chi connectivity index (χ0) is 16.1. The standard InChI is InChI=1S/C12H24N2O5S2/c13-9(11(16)17)7-21-6-2-4-19-12(18)10(14)8-20-5-1-3-15/h9-10,15H,1-8,13-14H2,(H,16,17)/t9-,10-/m1/s1. The molecule has 124 valence electrons. The first-order chi connectivity index (χ1) is 9.99. The van der Waals surface area contributed by atoms with Crippen LogP contribution < -0.4 is 11.5 Å². The molecule has 0 bridgehead atoms. The number of nitrogens with two attached hydrogens (primary N) is 2. The number of hydrogen-bond acceptors (Lipinski definition) is 8. The fourth-order valence-corrected chi connectivity index (χ4v) is 2.94. The van der Waals surface area contributed by atoms with E-state index >= 15 is 0 Å². The average Bonchev–Trinajstić information content (AvgIpc) is 2.46. The molecule has 0 aromatic carbocycles. The van der Waals surface area contributed by atoms with Gasteiger partial charge in [0.25, 0.3) is 0 Å². The molecule has 0 aromatic heterocycles. The smallest absolute Gasteiger partial charge is 0.323 e. The SMILES string of the molecule is N[C@H](CSCCCOC(=O)[C@H](N)CSCCCO)C(=O)O. The summed E-state index contributed by atoms with van der Waals surface area (Å²) >= 11 is 2.92. The molecule has 0 saturated carbocycles. The molecule has 0 amide bonds. The first-order valence-corrected chi connectivity index (χ1v) is 8.97. The Labute approximate surface area is 133 Å². The number of thioether (sulfide) groups is 2. The van der Waals surface area contributed by atoms with Gasteiger partial charge in [-0.05, 0) is 24.3 Å². The second-order valence-electron chi connectivity index (χ2n) is 4.30. The normalized spacial score (nSPS) is 13.7. The number of aliphatic carboxylic acids is 1. The number of carbonyl (C=O) groups is 2. The summed E-state index contributed by atoms with van der Waals surface area (Å²) in [6, 6.07) is -1.51. The quantitative estimate of drug-likeness (QED) is 0.258. The highest BCUT2D eigenvalue weighted by Gasteiger charge is 2.15. The van der Waals surface area contributed by atoms with E-state index in [2.05, 4.69) is 0 Å². The summed E-state index contributed by atoms with van der Waals surface area (Å²) in [4.78, 5) is 22.0. The second-order valence-corrected chi connectivity index (χ2v) is 6.60. The van der Waals surface area contributed by atoms with Gasteiger partial charge in [0, 0.05) is 18.1 Å². The van der Waals surface area contributed by atoms with Crippen LogP contribution in [0.25, 0.3) is 0 Å². The Morgan fingerprint density at radius 1 is 1.05 bits per heavy atom. The fourth-order valence-electron chi connectivity index (χ4n) is 1.17. The van der Waals surface area contributed by atoms with Crippen molar-refractivity contribution in [2.24, 2.45) is 11.5 Å². The van der Waals surface area contributed by atoms with Gasteiger partial charge < -0.3 is 26.4 Å². The fraction of sp³-hybridized carbons (Fsp3) is 0.833. The molecule has 0 aliphatic carbocycles. The Bertz CT molecular complexity index is 307. The van der Waals surface area contributed by atoms with Gasteiger partial charge in [0.1, 0.15) is 12.1 Å². The lowest BCUT2D eigenvalue weighted by molar-refractivity contribution is -0.144. The summed E-state index contributed by atoms with van der Waals surface area (Å²) in [5.41, 5.74) is 11.0. The third-order valence-corrected chi connectivity index (χ3v) is 4.68. The maximum absolute atomic E-state index is 11.5. The van der Waals surface area contributed by atoms with Crippen LogP contribution in [0, 0.1) is 0 Å². The number of rotatable bonds is 13. The van der Waals surface area contributed by atoms with Crippen molar-refractivity contribution < 1.29 is 24.5 Å². The highest BCUT2D eigenvalue weighted by Crippen LogP contribution is 2.06. The van der Waals surface area contributed by atoms with Gasteiger partial charge in [0.2, 0.25) is 0 Å². The van der Waals surface area contributed by atoms with E-state index < -0.39 is 24.0 Å². The molecular weight excluding hydrogens is 316 g/mol. The molecule has 0 aromatic rings. The van der Waals surface area contributed by atoms with Crippen molar-refractivity contribution in [3.63, 3.8) is 0 Å². The Balaban J connectivity index is 3.50. The molecule has 0 heterocycles. The van der Waals surface area contributed by atoms with Gasteiger partial charge in [0.15, 0.2) is 0 Å². The van der Waals surface area contributed by atoms with Gasteiger partial charge in [-0.15, -0.1) is 0 Å². The highest BCUT2D eigenvalue weighted by atomic mass is 32.2. The van der Waals surface area contributed by atoms with Crippen molar-refractivity contribution in [3.8, 4) is 0 Å². The molecule has 0 spiro atoms. The highest BCUT2D eigenvalue weighted by molar-refractivity contribution is 7.99. The van der Waals surface area contributed by atoms with Crippen molar-refractivity contribution in [2.75, 3.05) is 36.2 Å². The van der Waals surface area contributed by atoms with E-state index in [4.69, 9.17) is 26.4 Å². The lowest BCUT2D eigenvalue weighted by Gasteiger charge is -2.11. The lowest BCUT2D eigenvalue weighted by atomic mass is 10.4. The van der Waals surface area contributed by atoms with Gasteiger partial charge >= 0.3 is 11.9 Å². The van der Waals surface area contributed by atoms with Crippen molar-refractivity contribution >= 4 is 35.5 Å². The van der Waals surface area contributed by atoms with Crippen LogP contribution in [0.1, 0.15) is 12.8 Å². The van der Waals surface area contributed by atoms with Crippen molar-refractivity contribution in [2.45, 2.75) is 24.9 Å². The molecule has 0 saturated heterocycles. The van der Waals surface area contributed by atoms with Crippen LogP contribution in [-0.2, 0) is 14.3 Å². The number of carboxylic acid groups (broad SMARTS) is 1. The number of carbonyl (C=O) groups excluding carboxylic acids is 1. The molecular formula is C12H24N2O5S2. The second kappa shape index (κ2) is 13.2. The Kier molecular flexibility index (Phi) is 12.9. The number of aliphatic hydroxyl groups excluding tert-OH is 1. The molecule has 9 heteroatoms. The molecule has 6 N–H and O–H groups in total. The average molecular weight is 340 g/mol. The van der Waals surface area contributed by atoms with Crippen LogP contribution in [0.4, 0.5) is 0 Å². The molecule has 0 aliphatic heterocycles. The van der Waals surface area contributed by atoms with Crippen LogP contribution >= 0.6 is 23.5 Å². The topological polar surface area (TPSA) is 136 Å². The summed E-state index contributed by atoms with van der Waals surface area (Å²) in [6.45, 7) is 0.402. The van der Waals surface area contributed by atoms with Crippen molar-refractivity contribution in [1.29, 1.82) is 0 Å². The zero-order valence-corrected chi connectivity index (χ0v) is 13.5. The van der Waals surface area contributed by atoms with E-state index in [0.29, 0.717) is 30.1 Å². The van der Waals surface area contributed by atoms with Crippen LogP contribution in [0.3, 0.4) is 0 Å². The summed E-state index contributed by atoms with van der Waals surface area (Å²) in [6.07, 6.45) is 1.31. The van der Waals surface area contributed by atoms with E-state index in [-0.39, 0.29) is 13.2 Å².